The summed E-state index contributed by atoms with van der Waals surface area (Å²) in [6.07, 6.45) is 1.78. The number of carbonyl (C=O) groups is 1. The quantitative estimate of drug-likeness (QED) is 0.647. The van der Waals surface area contributed by atoms with Crippen molar-refractivity contribution >= 4 is 11.6 Å². The normalized spacial score (nSPS) is 12.1. The number of nitrogen functional groups attached to an aromatic ring is 1. The van der Waals surface area contributed by atoms with Crippen molar-refractivity contribution in [2.45, 2.75) is 32.2 Å². The molecular weight excluding hydrogens is 216 g/mol. The molecule has 0 fully saturated rings. The third-order valence-corrected chi connectivity index (χ3v) is 2.68. The minimum Gasteiger partial charge on any atom is -0.399 e. The molecule has 0 saturated carbocycles. The number of rotatable bonds is 6. The standard InChI is InChI=1S/C13H20N2O2/c1-2-12(7-8-16)15-13(17)9-10-3-5-11(14)6-4-10/h3-6,12,16H,2,7-9,14H2,1H3,(H,15,17). The SMILES string of the molecule is CCC(CCO)NC(=O)Cc1ccc(N)cc1. The highest BCUT2D eigenvalue weighted by molar-refractivity contribution is 5.78. The Balaban J connectivity index is 2.46. The van der Waals surface area contributed by atoms with Gasteiger partial charge in [0.2, 0.25) is 5.91 Å². The minimum atomic E-state index is -0.0185. The molecule has 0 aromatic heterocycles. The van der Waals surface area contributed by atoms with Crippen LogP contribution in [0, 0.1) is 0 Å². The molecule has 0 radical (unpaired) electrons. The first-order chi connectivity index (χ1) is 8.15. The fourth-order valence-corrected chi connectivity index (χ4v) is 1.63. The Hall–Kier alpha value is -1.55. The van der Waals surface area contributed by atoms with Gasteiger partial charge in [0.1, 0.15) is 0 Å². The van der Waals surface area contributed by atoms with Gasteiger partial charge in [0.25, 0.3) is 0 Å². The zero-order chi connectivity index (χ0) is 12.7. The number of nitrogens with one attached hydrogen (secondary N) is 1. The molecule has 0 aliphatic rings. The molecule has 0 spiro atoms. The predicted octanol–water partition coefficient (Wildman–Crippen LogP) is 1.09. The van der Waals surface area contributed by atoms with Crippen LogP contribution in [0.15, 0.2) is 24.3 Å². The minimum absolute atomic E-state index is 0.0185. The maximum Gasteiger partial charge on any atom is 0.224 e. The molecule has 17 heavy (non-hydrogen) atoms. The number of nitrogens with two attached hydrogens (primary N) is 1. The predicted molar refractivity (Wildman–Crippen MR) is 68.5 cm³/mol. The van der Waals surface area contributed by atoms with Gasteiger partial charge in [-0.3, -0.25) is 4.79 Å². The first-order valence-corrected chi connectivity index (χ1v) is 5.90. The van der Waals surface area contributed by atoms with Gasteiger partial charge in [0.05, 0.1) is 6.42 Å². The fourth-order valence-electron chi connectivity index (χ4n) is 1.63. The Bertz CT molecular complexity index is 349. The molecule has 0 bridgehead atoms. The van der Waals surface area contributed by atoms with Crippen molar-refractivity contribution in [1.82, 2.24) is 5.32 Å². The lowest BCUT2D eigenvalue weighted by atomic mass is 10.1. The van der Waals surface area contributed by atoms with Gasteiger partial charge in [-0.2, -0.15) is 0 Å². The Morgan fingerprint density at radius 3 is 2.59 bits per heavy atom. The second kappa shape index (κ2) is 6.91. The van der Waals surface area contributed by atoms with Crippen LogP contribution in [0.3, 0.4) is 0 Å². The number of aliphatic hydroxyl groups is 1. The van der Waals surface area contributed by atoms with Crippen LogP contribution in [0.1, 0.15) is 25.3 Å². The molecule has 0 saturated heterocycles. The third-order valence-electron chi connectivity index (χ3n) is 2.68. The Labute approximate surface area is 102 Å². The number of anilines is 1. The summed E-state index contributed by atoms with van der Waals surface area (Å²) in [5.41, 5.74) is 7.21. The van der Waals surface area contributed by atoms with Gasteiger partial charge >= 0.3 is 0 Å². The summed E-state index contributed by atoms with van der Waals surface area (Å²) >= 11 is 0. The molecule has 0 aliphatic carbocycles. The zero-order valence-corrected chi connectivity index (χ0v) is 10.1. The molecule has 94 valence electrons. The summed E-state index contributed by atoms with van der Waals surface area (Å²) in [5, 5.41) is 11.7. The molecule has 1 unspecified atom stereocenters. The van der Waals surface area contributed by atoms with E-state index in [0.29, 0.717) is 18.5 Å². The Morgan fingerprint density at radius 2 is 2.06 bits per heavy atom. The number of carbonyl (C=O) groups excluding carboxylic acids is 1. The highest BCUT2D eigenvalue weighted by atomic mass is 16.3. The van der Waals surface area contributed by atoms with Crippen LogP contribution in [-0.4, -0.2) is 23.7 Å². The molecule has 4 heteroatoms. The molecule has 1 amide bonds. The summed E-state index contributed by atoms with van der Waals surface area (Å²) in [5.74, 6) is -0.0185. The van der Waals surface area contributed by atoms with E-state index in [1.54, 1.807) is 12.1 Å². The van der Waals surface area contributed by atoms with E-state index in [-0.39, 0.29) is 18.6 Å². The first-order valence-electron chi connectivity index (χ1n) is 5.90. The molecule has 1 rings (SSSR count). The van der Waals surface area contributed by atoms with Crippen molar-refractivity contribution in [1.29, 1.82) is 0 Å². The fraction of sp³-hybridized carbons (Fsp3) is 0.462. The third kappa shape index (κ3) is 4.87. The topological polar surface area (TPSA) is 75.3 Å². The molecule has 4 nitrogen and oxygen atoms in total. The summed E-state index contributed by atoms with van der Waals surface area (Å²) in [6.45, 7) is 2.09. The van der Waals surface area contributed by atoms with Gasteiger partial charge in [-0.25, -0.2) is 0 Å². The summed E-state index contributed by atoms with van der Waals surface area (Å²) in [6, 6.07) is 7.33. The van der Waals surface area contributed by atoms with Crippen molar-refractivity contribution in [3.63, 3.8) is 0 Å². The molecule has 1 atom stereocenters. The average molecular weight is 236 g/mol. The average Bonchev–Trinajstić information content (AvgIpc) is 2.31. The number of benzene rings is 1. The van der Waals surface area contributed by atoms with Crippen LogP contribution in [0.4, 0.5) is 5.69 Å². The molecule has 0 heterocycles. The summed E-state index contributed by atoms with van der Waals surface area (Å²) < 4.78 is 0. The van der Waals surface area contributed by atoms with Gasteiger partial charge in [-0.15, -0.1) is 0 Å². The highest BCUT2D eigenvalue weighted by Crippen LogP contribution is 2.06. The van der Waals surface area contributed by atoms with Crippen LogP contribution in [0.2, 0.25) is 0 Å². The molecular formula is C13H20N2O2. The van der Waals surface area contributed by atoms with Gasteiger partial charge in [0.15, 0.2) is 0 Å². The first kappa shape index (κ1) is 13.5. The summed E-state index contributed by atoms with van der Waals surface area (Å²) in [7, 11) is 0. The lowest BCUT2D eigenvalue weighted by Gasteiger charge is -2.15. The van der Waals surface area contributed by atoms with E-state index >= 15 is 0 Å². The molecule has 1 aromatic carbocycles. The smallest absolute Gasteiger partial charge is 0.224 e. The second-order valence-corrected chi connectivity index (χ2v) is 4.10. The Morgan fingerprint density at radius 1 is 1.41 bits per heavy atom. The van der Waals surface area contributed by atoms with Crippen LogP contribution >= 0.6 is 0 Å². The number of hydrogen-bond donors (Lipinski definition) is 3. The van der Waals surface area contributed by atoms with Crippen LogP contribution in [-0.2, 0) is 11.2 Å². The van der Waals surface area contributed by atoms with E-state index in [1.807, 2.05) is 19.1 Å². The van der Waals surface area contributed by atoms with E-state index in [9.17, 15) is 4.79 Å². The van der Waals surface area contributed by atoms with Crippen LogP contribution < -0.4 is 11.1 Å². The Kier molecular flexibility index (Phi) is 5.49. The zero-order valence-electron chi connectivity index (χ0n) is 10.1. The van der Waals surface area contributed by atoms with Crippen LogP contribution in [0.25, 0.3) is 0 Å². The van der Waals surface area contributed by atoms with E-state index < -0.39 is 0 Å². The number of hydrogen-bond acceptors (Lipinski definition) is 3. The van der Waals surface area contributed by atoms with E-state index in [2.05, 4.69) is 5.32 Å². The van der Waals surface area contributed by atoms with Crippen molar-refractivity contribution in [2.75, 3.05) is 12.3 Å². The summed E-state index contributed by atoms with van der Waals surface area (Å²) in [4.78, 5) is 11.7. The van der Waals surface area contributed by atoms with Gasteiger partial charge in [-0.05, 0) is 30.5 Å². The van der Waals surface area contributed by atoms with Gasteiger partial charge in [0, 0.05) is 18.3 Å². The highest BCUT2D eigenvalue weighted by Gasteiger charge is 2.10. The largest absolute Gasteiger partial charge is 0.399 e. The van der Waals surface area contributed by atoms with E-state index in [1.165, 1.54) is 0 Å². The molecule has 0 aliphatic heterocycles. The van der Waals surface area contributed by atoms with Gasteiger partial charge < -0.3 is 16.2 Å². The maximum absolute atomic E-state index is 11.7. The number of amides is 1. The van der Waals surface area contributed by atoms with Crippen molar-refractivity contribution in [3.8, 4) is 0 Å². The van der Waals surface area contributed by atoms with E-state index in [0.717, 1.165) is 12.0 Å². The second-order valence-electron chi connectivity index (χ2n) is 4.10. The van der Waals surface area contributed by atoms with Crippen molar-refractivity contribution < 1.29 is 9.90 Å². The van der Waals surface area contributed by atoms with Crippen molar-refractivity contribution in [2.24, 2.45) is 0 Å². The van der Waals surface area contributed by atoms with Gasteiger partial charge in [-0.1, -0.05) is 19.1 Å². The molecule has 4 N–H and O–H groups in total. The van der Waals surface area contributed by atoms with Crippen molar-refractivity contribution in [3.05, 3.63) is 29.8 Å². The van der Waals surface area contributed by atoms with Crippen LogP contribution in [0.5, 0.6) is 0 Å². The molecule has 1 aromatic rings. The maximum atomic E-state index is 11.7. The number of aliphatic hydroxyl groups excluding tert-OH is 1. The van der Waals surface area contributed by atoms with E-state index in [4.69, 9.17) is 10.8 Å². The lowest BCUT2D eigenvalue weighted by molar-refractivity contribution is -0.121. The lowest BCUT2D eigenvalue weighted by Crippen LogP contribution is -2.36. The monoisotopic (exact) mass is 236 g/mol.